The van der Waals surface area contributed by atoms with Crippen LogP contribution in [0.25, 0.3) is 0 Å². The first-order valence-electron chi connectivity index (χ1n) is 8.81. The third-order valence-electron chi connectivity index (χ3n) is 4.59. The maximum absolute atomic E-state index is 13.2. The zero-order valence-electron chi connectivity index (χ0n) is 14.9. The number of hydrogen-bond donors (Lipinski definition) is 1. The minimum atomic E-state index is -0.581. The van der Waals surface area contributed by atoms with Crippen molar-refractivity contribution in [1.82, 2.24) is 0 Å². The lowest BCUT2D eigenvalue weighted by Gasteiger charge is -2.25. The van der Waals surface area contributed by atoms with Crippen molar-refractivity contribution < 1.29 is 9.72 Å². The van der Waals surface area contributed by atoms with E-state index in [4.69, 9.17) is 0 Å². The standard InChI is InChI=1S/C22H17N3O3/c26-22-19(23-16-9-3-1-4-10-16)15-21(24(22)17-11-5-2-6-12-17)18-13-7-8-14-20(18)25(27)28/h1-15,21,23H/t21-/m0/s1. The van der Waals surface area contributed by atoms with Gasteiger partial charge in [-0.25, -0.2) is 0 Å². The molecule has 0 fully saturated rings. The van der Waals surface area contributed by atoms with Crippen LogP contribution in [0.5, 0.6) is 0 Å². The maximum Gasteiger partial charge on any atom is 0.275 e. The number of nitro benzene ring substituents is 1. The molecule has 1 N–H and O–H groups in total. The Labute approximate surface area is 161 Å². The van der Waals surface area contributed by atoms with E-state index in [1.165, 1.54) is 6.07 Å². The Morgan fingerprint density at radius 2 is 1.46 bits per heavy atom. The Hall–Kier alpha value is -3.93. The summed E-state index contributed by atoms with van der Waals surface area (Å²) in [6.45, 7) is 0. The summed E-state index contributed by atoms with van der Waals surface area (Å²) in [7, 11) is 0. The van der Waals surface area contributed by atoms with Gasteiger partial charge in [-0.15, -0.1) is 0 Å². The molecule has 0 aliphatic carbocycles. The average molecular weight is 371 g/mol. The minimum Gasteiger partial charge on any atom is -0.351 e. The van der Waals surface area contributed by atoms with Crippen LogP contribution in [0.15, 0.2) is 96.7 Å². The van der Waals surface area contributed by atoms with E-state index in [0.29, 0.717) is 16.9 Å². The van der Waals surface area contributed by atoms with Gasteiger partial charge in [-0.05, 0) is 36.4 Å². The molecule has 3 aromatic rings. The summed E-state index contributed by atoms with van der Waals surface area (Å²) in [5, 5.41) is 14.7. The van der Waals surface area contributed by atoms with Gasteiger partial charge in [-0.1, -0.05) is 48.5 Å². The summed E-state index contributed by atoms with van der Waals surface area (Å²) in [5.74, 6) is -0.238. The van der Waals surface area contributed by atoms with Gasteiger partial charge < -0.3 is 5.32 Å². The second-order valence-electron chi connectivity index (χ2n) is 6.34. The molecule has 1 aliphatic heterocycles. The molecule has 4 rings (SSSR count). The second kappa shape index (κ2) is 7.36. The van der Waals surface area contributed by atoms with E-state index in [0.717, 1.165) is 5.69 Å². The molecule has 1 atom stereocenters. The van der Waals surface area contributed by atoms with Gasteiger partial charge in [-0.2, -0.15) is 0 Å². The quantitative estimate of drug-likeness (QED) is 0.522. The molecule has 6 nitrogen and oxygen atoms in total. The van der Waals surface area contributed by atoms with Gasteiger partial charge in [0.25, 0.3) is 11.6 Å². The molecule has 0 aromatic heterocycles. The molecule has 28 heavy (non-hydrogen) atoms. The zero-order chi connectivity index (χ0) is 19.5. The smallest absolute Gasteiger partial charge is 0.275 e. The van der Waals surface area contributed by atoms with Crippen molar-refractivity contribution in [2.24, 2.45) is 0 Å². The molecule has 0 saturated heterocycles. The highest BCUT2D eigenvalue weighted by molar-refractivity contribution is 6.11. The fourth-order valence-electron chi connectivity index (χ4n) is 3.33. The van der Waals surface area contributed by atoms with Crippen molar-refractivity contribution in [3.8, 4) is 0 Å². The summed E-state index contributed by atoms with van der Waals surface area (Å²) >= 11 is 0. The maximum atomic E-state index is 13.2. The first kappa shape index (κ1) is 17.5. The molecule has 0 unspecified atom stereocenters. The number of para-hydroxylation sites is 3. The Morgan fingerprint density at radius 3 is 2.14 bits per heavy atom. The highest BCUT2D eigenvalue weighted by Crippen LogP contribution is 2.39. The molecule has 1 amide bonds. The number of nitro groups is 1. The predicted molar refractivity (Wildman–Crippen MR) is 108 cm³/mol. The van der Waals surface area contributed by atoms with Crippen molar-refractivity contribution in [2.75, 3.05) is 10.2 Å². The van der Waals surface area contributed by atoms with Crippen LogP contribution in [0, 0.1) is 10.1 Å². The minimum absolute atomic E-state index is 0.0153. The van der Waals surface area contributed by atoms with E-state index >= 15 is 0 Å². The van der Waals surface area contributed by atoms with Crippen LogP contribution in [0.4, 0.5) is 17.1 Å². The molecule has 6 heteroatoms. The summed E-state index contributed by atoms with van der Waals surface area (Å²) in [6, 6.07) is 24.5. The Bertz CT molecular complexity index is 1050. The van der Waals surface area contributed by atoms with Crippen LogP contribution < -0.4 is 10.2 Å². The van der Waals surface area contributed by atoms with Crippen LogP contribution in [0.1, 0.15) is 11.6 Å². The number of benzene rings is 3. The highest BCUT2D eigenvalue weighted by Gasteiger charge is 2.37. The van der Waals surface area contributed by atoms with E-state index in [9.17, 15) is 14.9 Å². The molecule has 0 bridgehead atoms. The Morgan fingerprint density at radius 1 is 0.857 bits per heavy atom. The van der Waals surface area contributed by atoms with E-state index in [1.54, 1.807) is 29.2 Å². The number of amides is 1. The average Bonchev–Trinajstić information content (AvgIpc) is 3.05. The number of rotatable bonds is 5. The Kier molecular flexibility index (Phi) is 4.60. The number of hydrogen-bond acceptors (Lipinski definition) is 4. The molecule has 0 radical (unpaired) electrons. The Balaban J connectivity index is 1.80. The highest BCUT2D eigenvalue weighted by atomic mass is 16.6. The molecule has 1 heterocycles. The normalized spacial score (nSPS) is 16.0. The fourth-order valence-corrected chi connectivity index (χ4v) is 3.33. The third kappa shape index (κ3) is 3.23. The summed E-state index contributed by atoms with van der Waals surface area (Å²) < 4.78 is 0. The second-order valence-corrected chi connectivity index (χ2v) is 6.34. The summed E-state index contributed by atoms with van der Waals surface area (Å²) in [6.07, 6.45) is 1.74. The lowest BCUT2D eigenvalue weighted by Crippen LogP contribution is -2.31. The van der Waals surface area contributed by atoms with Gasteiger partial charge in [0.1, 0.15) is 5.70 Å². The monoisotopic (exact) mass is 371 g/mol. The van der Waals surface area contributed by atoms with Crippen molar-refractivity contribution in [3.05, 3.63) is 112 Å². The van der Waals surface area contributed by atoms with Gasteiger partial charge in [0.15, 0.2) is 0 Å². The van der Waals surface area contributed by atoms with Crippen molar-refractivity contribution in [1.29, 1.82) is 0 Å². The fraction of sp³-hybridized carbons (Fsp3) is 0.0455. The van der Waals surface area contributed by atoms with Gasteiger partial charge in [0.2, 0.25) is 0 Å². The molecular weight excluding hydrogens is 354 g/mol. The number of nitrogens with zero attached hydrogens (tertiary/aromatic N) is 2. The zero-order valence-corrected chi connectivity index (χ0v) is 14.9. The van der Waals surface area contributed by atoms with Gasteiger partial charge in [0, 0.05) is 17.4 Å². The molecule has 3 aromatic carbocycles. The van der Waals surface area contributed by atoms with Crippen molar-refractivity contribution in [3.63, 3.8) is 0 Å². The molecular formula is C22H17N3O3. The largest absolute Gasteiger partial charge is 0.351 e. The van der Waals surface area contributed by atoms with Crippen molar-refractivity contribution >= 4 is 23.0 Å². The van der Waals surface area contributed by atoms with Gasteiger partial charge in [-0.3, -0.25) is 19.8 Å². The SMILES string of the molecule is O=C1C(Nc2ccccc2)=C[C@@H](c2ccccc2[N+](=O)[O-])N1c1ccccc1. The first-order chi connectivity index (χ1) is 13.6. The molecule has 0 saturated carbocycles. The number of nitrogens with one attached hydrogen (secondary N) is 1. The lowest BCUT2D eigenvalue weighted by atomic mass is 10.0. The number of carbonyl (C=O) groups excluding carboxylic acids is 1. The van der Waals surface area contributed by atoms with E-state index in [1.807, 2.05) is 60.7 Å². The number of carbonyl (C=O) groups is 1. The summed E-state index contributed by atoms with van der Waals surface area (Å²) in [5.41, 5.74) is 2.29. The van der Waals surface area contributed by atoms with E-state index < -0.39 is 11.0 Å². The van der Waals surface area contributed by atoms with E-state index in [-0.39, 0.29) is 11.6 Å². The topological polar surface area (TPSA) is 75.5 Å². The van der Waals surface area contributed by atoms with Crippen LogP contribution in [-0.2, 0) is 4.79 Å². The molecule has 0 spiro atoms. The van der Waals surface area contributed by atoms with Gasteiger partial charge in [0.05, 0.1) is 16.5 Å². The van der Waals surface area contributed by atoms with Crippen molar-refractivity contribution in [2.45, 2.75) is 6.04 Å². The van der Waals surface area contributed by atoms with Crippen LogP contribution in [0.3, 0.4) is 0 Å². The predicted octanol–water partition coefficient (Wildman–Crippen LogP) is 4.68. The molecule has 1 aliphatic rings. The van der Waals surface area contributed by atoms with Gasteiger partial charge >= 0.3 is 0 Å². The number of anilines is 2. The van der Waals surface area contributed by atoms with Crippen LogP contribution in [0.2, 0.25) is 0 Å². The van der Waals surface area contributed by atoms with E-state index in [2.05, 4.69) is 5.32 Å². The third-order valence-corrected chi connectivity index (χ3v) is 4.59. The van der Waals surface area contributed by atoms with Crippen LogP contribution in [-0.4, -0.2) is 10.8 Å². The first-order valence-corrected chi connectivity index (χ1v) is 8.81. The molecule has 138 valence electrons. The summed E-state index contributed by atoms with van der Waals surface area (Å²) in [4.78, 5) is 25.9. The van der Waals surface area contributed by atoms with Crippen LogP contribution >= 0.6 is 0 Å². The lowest BCUT2D eigenvalue weighted by molar-refractivity contribution is -0.385.